The Hall–Kier alpha value is -3.04. The summed E-state index contributed by atoms with van der Waals surface area (Å²) in [5, 5.41) is 14.2. The van der Waals surface area contributed by atoms with Crippen molar-refractivity contribution in [3.63, 3.8) is 0 Å². The number of amides is 1. The van der Waals surface area contributed by atoms with Crippen molar-refractivity contribution in [2.75, 3.05) is 19.0 Å². The van der Waals surface area contributed by atoms with Gasteiger partial charge in [-0.25, -0.2) is 4.79 Å². The molecule has 0 spiro atoms. The number of nitrogens with zero attached hydrogens (tertiary/aromatic N) is 1. The zero-order valence-electron chi connectivity index (χ0n) is 16.2. The summed E-state index contributed by atoms with van der Waals surface area (Å²) in [7, 11) is 1.28. The minimum atomic E-state index is -1.03. The number of anilines is 1. The number of aryl methyl sites for hydroxylation is 1. The molecule has 1 atom stereocenters. The lowest BCUT2D eigenvalue weighted by molar-refractivity contribution is -0.385. The Kier molecular flexibility index (Phi) is 7.85. The monoisotopic (exact) mass is 456 g/mol. The van der Waals surface area contributed by atoms with Gasteiger partial charge in [-0.2, -0.15) is 0 Å². The van der Waals surface area contributed by atoms with Gasteiger partial charge in [0.2, 0.25) is 0 Å². The molecule has 11 heteroatoms. The number of carbonyl (C=O) groups excluding carboxylic acids is 2. The van der Waals surface area contributed by atoms with Crippen LogP contribution in [0, 0.1) is 17.0 Å². The molecule has 0 saturated heterocycles. The molecular weight excluding hydrogens is 439 g/mol. The SMILES string of the molecule is COc1cc(NC(=O)COC(=O)[C@@H](C)Oc2ccc(Cl)cc2Cl)c(C)cc1[N+](=O)[O-]. The third-order valence-corrected chi connectivity index (χ3v) is 4.40. The van der Waals surface area contributed by atoms with Crippen LogP contribution in [0.3, 0.4) is 0 Å². The van der Waals surface area contributed by atoms with Crippen molar-refractivity contribution in [2.24, 2.45) is 0 Å². The van der Waals surface area contributed by atoms with Gasteiger partial charge in [-0.05, 0) is 37.6 Å². The number of nitro benzene ring substituents is 1. The van der Waals surface area contributed by atoms with Gasteiger partial charge in [0.1, 0.15) is 5.75 Å². The predicted molar refractivity (Wildman–Crippen MR) is 111 cm³/mol. The van der Waals surface area contributed by atoms with Crippen molar-refractivity contribution >= 4 is 46.5 Å². The molecule has 0 bridgehead atoms. The molecule has 0 aliphatic rings. The van der Waals surface area contributed by atoms with Crippen molar-refractivity contribution in [3.05, 3.63) is 56.1 Å². The molecular formula is C19H18Cl2N2O7. The lowest BCUT2D eigenvalue weighted by atomic mass is 10.1. The molecule has 2 aromatic rings. The number of carbonyl (C=O) groups is 2. The number of hydrogen-bond donors (Lipinski definition) is 1. The fraction of sp³-hybridized carbons (Fsp3) is 0.263. The first kappa shape index (κ1) is 23.2. The molecule has 0 aliphatic heterocycles. The molecule has 0 saturated carbocycles. The van der Waals surface area contributed by atoms with E-state index in [0.29, 0.717) is 10.6 Å². The van der Waals surface area contributed by atoms with E-state index >= 15 is 0 Å². The lowest BCUT2D eigenvalue weighted by Crippen LogP contribution is -2.30. The molecule has 160 valence electrons. The summed E-state index contributed by atoms with van der Waals surface area (Å²) in [5.74, 6) is -1.20. The Morgan fingerprint density at radius 1 is 1.20 bits per heavy atom. The minimum Gasteiger partial charge on any atom is -0.490 e. The number of nitro groups is 1. The molecule has 30 heavy (non-hydrogen) atoms. The Balaban J connectivity index is 1.95. The van der Waals surface area contributed by atoms with Crippen molar-refractivity contribution in [2.45, 2.75) is 20.0 Å². The van der Waals surface area contributed by atoms with E-state index in [1.807, 2.05) is 0 Å². The number of halogens is 2. The second-order valence-electron chi connectivity index (χ2n) is 6.09. The van der Waals surface area contributed by atoms with Crippen LogP contribution in [0.5, 0.6) is 11.5 Å². The first-order valence-electron chi connectivity index (χ1n) is 8.53. The maximum Gasteiger partial charge on any atom is 0.347 e. The highest BCUT2D eigenvalue weighted by Gasteiger charge is 2.21. The number of methoxy groups -OCH3 is 1. The van der Waals surface area contributed by atoms with Crippen LogP contribution in [0.1, 0.15) is 12.5 Å². The maximum atomic E-state index is 12.1. The quantitative estimate of drug-likeness (QED) is 0.359. The van der Waals surface area contributed by atoms with E-state index < -0.39 is 29.5 Å². The number of rotatable bonds is 8. The van der Waals surface area contributed by atoms with Gasteiger partial charge in [-0.3, -0.25) is 14.9 Å². The minimum absolute atomic E-state index is 0.0141. The van der Waals surface area contributed by atoms with Crippen LogP contribution >= 0.6 is 23.2 Å². The zero-order valence-corrected chi connectivity index (χ0v) is 17.7. The highest BCUT2D eigenvalue weighted by molar-refractivity contribution is 6.35. The molecule has 0 aromatic heterocycles. The molecule has 0 fully saturated rings. The fourth-order valence-corrected chi connectivity index (χ4v) is 2.82. The molecule has 0 aliphatic carbocycles. The molecule has 0 heterocycles. The summed E-state index contributed by atoms with van der Waals surface area (Å²) >= 11 is 11.8. The number of benzene rings is 2. The van der Waals surface area contributed by atoms with E-state index in [1.165, 1.54) is 38.3 Å². The van der Waals surface area contributed by atoms with Gasteiger partial charge in [0.25, 0.3) is 5.91 Å². The molecule has 9 nitrogen and oxygen atoms in total. The van der Waals surface area contributed by atoms with E-state index in [9.17, 15) is 19.7 Å². The van der Waals surface area contributed by atoms with E-state index in [0.717, 1.165) is 0 Å². The second kappa shape index (κ2) is 10.1. The first-order valence-corrected chi connectivity index (χ1v) is 9.29. The number of esters is 1. The van der Waals surface area contributed by atoms with Crippen molar-refractivity contribution in [1.29, 1.82) is 0 Å². The smallest absolute Gasteiger partial charge is 0.347 e. The van der Waals surface area contributed by atoms with Gasteiger partial charge < -0.3 is 19.5 Å². The van der Waals surface area contributed by atoms with Crippen LogP contribution in [0.25, 0.3) is 0 Å². The highest BCUT2D eigenvalue weighted by Crippen LogP contribution is 2.32. The largest absolute Gasteiger partial charge is 0.490 e. The molecule has 2 aromatic carbocycles. The maximum absolute atomic E-state index is 12.1. The molecule has 0 radical (unpaired) electrons. The lowest BCUT2D eigenvalue weighted by Gasteiger charge is -2.15. The summed E-state index contributed by atoms with van der Waals surface area (Å²) < 4.78 is 15.3. The van der Waals surface area contributed by atoms with E-state index in [-0.39, 0.29) is 27.9 Å². The van der Waals surface area contributed by atoms with Crippen molar-refractivity contribution in [3.8, 4) is 11.5 Å². The van der Waals surface area contributed by atoms with Crippen LogP contribution in [0.4, 0.5) is 11.4 Å². The highest BCUT2D eigenvalue weighted by atomic mass is 35.5. The predicted octanol–water partition coefficient (Wildman–Crippen LogP) is 4.17. The van der Waals surface area contributed by atoms with Gasteiger partial charge >= 0.3 is 11.7 Å². The van der Waals surface area contributed by atoms with Crippen molar-refractivity contribution in [1.82, 2.24) is 0 Å². The molecule has 1 amide bonds. The van der Waals surface area contributed by atoms with Gasteiger partial charge in [-0.1, -0.05) is 23.2 Å². The first-order chi connectivity index (χ1) is 14.1. The third-order valence-electron chi connectivity index (χ3n) is 3.87. The molecule has 1 N–H and O–H groups in total. The Morgan fingerprint density at radius 2 is 1.90 bits per heavy atom. The van der Waals surface area contributed by atoms with Crippen LogP contribution in [0.15, 0.2) is 30.3 Å². The average Bonchev–Trinajstić information content (AvgIpc) is 2.69. The van der Waals surface area contributed by atoms with Crippen LogP contribution in [-0.4, -0.2) is 36.6 Å². The third kappa shape index (κ3) is 5.98. The fourth-order valence-electron chi connectivity index (χ4n) is 2.36. The average molecular weight is 457 g/mol. The Bertz CT molecular complexity index is 982. The van der Waals surface area contributed by atoms with E-state index in [1.54, 1.807) is 13.0 Å². The number of hydrogen-bond acceptors (Lipinski definition) is 7. The van der Waals surface area contributed by atoms with Gasteiger partial charge in [0.05, 0.1) is 17.1 Å². The topological polar surface area (TPSA) is 117 Å². The normalized spacial score (nSPS) is 11.4. The molecule has 2 rings (SSSR count). The molecule has 0 unspecified atom stereocenters. The van der Waals surface area contributed by atoms with Gasteiger partial charge in [0.15, 0.2) is 18.5 Å². The summed E-state index contributed by atoms with van der Waals surface area (Å²) in [4.78, 5) is 34.6. The summed E-state index contributed by atoms with van der Waals surface area (Å²) in [5.41, 5.74) is 0.498. The standard InChI is InChI=1S/C19H18Cl2N2O7/c1-10-6-15(23(26)27)17(28-3)8-14(10)22-18(24)9-29-19(25)11(2)30-16-5-4-12(20)7-13(16)21/h4-8,11H,9H2,1-3H3,(H,22,24)/t11-/m1/s1. The number of nitrogens with one attached hydrogen (secondary N) is 1. The van der Waals surface area contributed by atoms with Crippen molar-refractivity contribution < 1.29 is 28.7 Å². The Labute approximate surface area is 182 Å². The number of ether oxygens (including phenoxy) is 3. The summed E-state index contributed by atoms with van der Waals surface area (Å²) in [6, 6.07) is 7.11. The van der Waals surface area contributed by atoms with Crippen LogP contribution in [0.2, 0.25) is 10.0 Å². The van der Waals surface area contributed by atoms with Gasteiger partial charge in [-0.15, -0.1) is 0 Å². The van der Waals surface area contributed by atoms with E-state index in [2.05, 4.69) is 5.32 Å². The summed E-state index contributed by atoms with van der Waals surface area (Å²) in [6.07, 6.45) is -1.03. The van der Waals surface area contributed by atoms with Crippen LogP contribution < -0.4 is 14.8 Å². The second-order valence-corrected chi connectivity index (χ2v) is 6.93. The van der Waals surface area contributed by atoms with Crippen LogP contribution in [-0.2, 0) is 14.3 Å². The Morgan fingerprint density at radius 3 is 2.50 bits per heavy atom. The summed E-state index contributed by atoms with van der Waals surface area (Å²) in [6.45, 7) is 2.44. The van der Waals surface area contributed by atoms with Gasteiger partial charge in [0, 0.05) is 22.8 Å². The van der Waals surface area contributed by atoms with E-state index in [4.69, 9.17) is 37.4 Å². The zero-order chi connectivity index (χ0) is 22.4.